The van der Waals surface area contributed by atoms with Crippen LogP contribution in [0.5, 0.6) is 5.88 Å². The topological polar surface area (TPSA) is 72.5 Å². The molecule has 110 valence electrons. The first-order chi connectivity index (χ1) is 9.79. The number of hydrogen-bond acceptors (Lipinski definition) is 3. The van der Waals surface area contributed by atoms with E-state index in [1.165, 1.54) is 19.3 Å². The molecule has 0 aromatic carbocycles. The SMILES string of the molecule is CCCOc1ncccc1CN=C(N)NCC1CCC1. The monoisotopic (exact) mass is 276 g/mol. The molecular weight excluding hydrogens is 252 g/mol. The molecule has 1 fully saturated rings. The third-order valence-electron chi connectivity index (χ3n) is 3.51. The lowest BCUT2D eigenvalue weighted by Crippen LogP contribution is -2.37. The molecule has 5 nitrogen and oxygen atoms in total. The van der Waals surface area contributed by atoms with E-state index in [2.05, 4.69) is 22.2 Å². The highest BCUT2D eigenvalue weighted by atomic mass is 16.5. The van der Waals surface area contributed by atoms with Crippen molar-refractivity contribution in [3.8, 4) is 5.88 Å². The van der Waals surface area contributed by atoms with E-state index in [-0.39, 0.29) is 0 Å². The molecule has 0 amide bonds. The van der Waals surface area contributed by atoms with Gasteiger partial charge in [-0.2, -0.15) is 0 Å². The lowest BCUT2D eigenvalue weighted by atomic mass is 9.85. The minimum atomic E-state index is 0.496. The van der Waals surface area contributed by atoms with Gasteiger partial charge in [0.25, 0.3) is 0 Å². The molecule has 1 heterocycles. The first kappa shape index (κ1) is 14.6. The van der Waals surface area contributed by atoms with Crippen molar-refractivity contribution < 1.29 is 4.74 Å². The van der Waals surface area contributed by atoms with Gasteiger partial charge in [-0.15, -0.1) is 0 Å². The summed E-state index contributed by atoms with van der Waals surface area (Å²) < 4.78 is 5.60. The van der Waals surface area contributed by atoms with E-state index in [0.717, 1.165) is 24.4 Å². The molecule has 2 rings (SSSR count). The third kappa shape index (κ3) is 4.40. The molecule has 20 heavy (non-hydrogen) atoms. The standard InChI is InChI=1S/C15H24N4O/c1-2-9-20-14-13(7-4-8-17-14)11-19-15(16)18-10-12-5-3-6-12/h4,7-8,12H,2-3,5-6,9-11H2,1H3,(H3,16,18,19). The van der Waals surface area contributed by atoms with Gasteiger partial charge in [0.1, 0.15) is 0 Å². The number of nitrogens with one attached hydrogen (secondary N) is 1. The van der Waals surface area contributed by atoms with Crippen LogP contribution < -0.4 is 15.8 Å². The van der Waals surface area contributed by atoms with Crippen molar-refractivity contribution in [1.82, 2.24) is 10.3 Å². The van der Waals surface area contributed by atoms with Crippen LogP contribution in [-0.4, -0.2) is 24.1 Å². The van der Waals surface area contributed by atoms with E-state index in [1.807, 2.05) is 12.1 Å². The van der Waals surface area contributed by atoms with E-state index >= 15 is 0 Å². The highest BCUT2D eigenvalue weighted by Crippen LogP contribution is 2.25. The molecule has 1 aliphatic carbocycles. The molecule has 0 spiro atoms. The van der Waals surface area contributed by atoms with E-state index in [0.29, 0.717) is 25.0 Å². The summed E-state index contributed by atoms with van der Waals surface area (Å²) in [5.74, 6) is 1.93. The number of aromatic nitrogens is 1. The summed E-state index contributed by atoms with van der Waals surface area (Å²) in [6.45, 7) is 4.17. The predicted molar refractivity (Wildman–Crippen MR) is 80.7 cm³/mol. The lowest BCUT2D eigenvalue weighted by Gasteiger charge is -2.25. The third-order valence-corrected chi connectivity index (χ3v) is 3.51. The fourth-order valence-corrected chi connectivity index (χ4v) is 2.05. The quantitative estimate of drug-likeness (QED) is 0.591. The first-order valence-electron chi connectivity index (χ1n) is 7.40. The molecule has 0 radical (unpaired) electrons. The highest BCUT2D eigenvalue weighted by molar-refractivity contribution is 5.77. The minimum absolute atomic E-state index is 0.496. The maximum absolute atomic E-state index is 5.88. The Morgan fingerprint density at radius 3 is 3.10 bits per heavy atom. The normalized spacial score (nSPS) is 15.8. The Kier molecular flexibility index (Phi) is 5.65. The number of pyridine rings is 1. The Hall–Kier alpha value is -1.78. The smallest absolute Gasteiger partial charge is 0.218 e. The van der Waals surface area contributed by atoms with Crippen LogP contribution in [-0.2, 0) is 6.54 Å². The van der Waals surface area contributed by atoms with Crippen LogP contribution in [0.3, 0.4) is 0 Å². The van der Waals surface area contributed by atoms with E-state index in [4.69, 9.17) is 10.5 Å². The van der Waals surface area contributed by atoms with Crippen LogP contribution in [0, 0.1) is 5.92 Å². The Morgan fingerprint density at radius 2 is 2.40 bits per heavy atom. The number of rotatable bonds is 7. The molecule has 1 aromatic heterocycles. The number of guanidine groups is 1. The molecule has 0 saturated heterocycles. The Balaban J connectivity index is 1.84. The van der Waals surface area contributed by atoms with Crippen LogP contribution in [0.1, 0.15) is 38.2 Å². The first-order valence-corrected chi connectivity index (χ1v) is 7.40. The molecule has 0 aliphatic heterocycles. The fraction of sp³-hybridized carbons (Fsp3) is 0.600. The van der Waals surface area contributed by atoms with Crippen molar-refractivity contribution in [3.63, 3.8) is 0 Å². The summed E-state index contributed by atoms with van der Waals surface area (Å²) in [5, 5.41) is 3.18. The van der Waals surface area contributed by atoms with Crippen molar-refractivity contribution >= 4 is 5.96 Å². The molecule has 0 bridgehead atoms. The second-order valence-electron chi connectivity index (χ2n) is 5.20. The summed E-state index contributed by atoms with van der Waals surface area (Å²) in [6.07, 6.45) is 6.65. The second-order valence-corrected chi connectivity index (χ2v) is 5.20. The molecule has 3 N–H and O–H groups in total. The second kappa shape index (κ2) is 7.72. The van der Waals surface area contributed by atoms with Crippen LogP contribution in [0.4, 0.5) is 0 Å². The van der Waals surface area contributed by atoms with Gasteiger partial charge in [0.15, 0.2) is 5.96 Å². The Morgan fingerprint density at radius 1 is 1.55 bits per heavy atom. The van der Waals surface area contributed by atoms with Crippen LogP contribution >= 0.6 is 0 Å². The van der Waals surface area contributed by atoms with E-state index in [9.17, 15) is 0 Å². The Labute approximate surface area is 120 Å². The van der Waals surface area contributed by atoms with Gasteiger partial charge >= 0.3 is 0 Å². The van der Waals surface area contributed by atoms with Gasteiger partial charge < -0.3 is 15.8 Å². The van der Waals surface area contributed by atoms with Gasteiger partial charge in [-0.05, 0) is 31.2 Å². The van der Waals surface area contributed by atoms with Gasteiger partial charge in [0.2, 0.25) is 5.88 Å². The van der Waals surface area contributed by atoms with Gasteiger partial charge in [0, 0.05) is 18.3 Å². The number of hydrogen-bond donors (Lipinski definition) is 2. The van der Waals surface area contributed by atoms with E-state index < -0.39 is 0 Å². The van der Waals surface area contributed by atoms with Crippen molar-refractivity contribution in [2.45, 2.75) is 39.2 Å². The maximum atomic E-state index is 5.88. The van der Waals surface area contributed by atoms with Crippen LogP contribution in [0.25, 0.3) is 0 Å². The zero-order valence-electron chi connectivity index (χ0n) is 12.1. The molecule has 0 unspecified atom stereocenters. The zero-order valence-corrected chi connectivity index (χ0v) is 12.1. The number of ether oxygens (including phenoxy) is 1. The molecule has 1 saturated carbocycles. The molecule has 0 atom stereocenters. The summed E-state index contributed by atoms with van der Waals surface area (Å²) in [5.41, 5.74) is 6.84. The van der Waals surface area contributed by atoms with E-state index in [1.54, 1.807) is 6.20 Å². The summed E-state index contributed by atoms with van der Waals surface area (Å²) in [4.78, 5) is 8.59. The number of nitrogens with zero attached hydrogens (tertiary/aromatic N) is 2. The minimum Gasteiger partial charge on any atom is -0.477 e. The highest BCUT2D eigenvalue weighted by Gasteiger charge is 2.16. The average Bonchev–Trinajstić information content (AvgIpc) is 2.42. The van der Waals surface area contributed by atoms with Crippen molar-refractivity contribution in [2.24, 2.45) is 16.6 Å². The summed E-state index contributed by atoms with van der Waals surface area (Å²) >= 11 is 0. The van der Waals surface area contributed by atoms with Crippen LogP contribution in [0.2, 0.25) is 0 Å². The molecule has 1 aliphatic rings. The number of aliphatic imine (C=N–C) groups is 1. The van der Waals surface area contributed by atoms with Crippen molar-refractivity contribution in [1.29, 1.82) is 0 Å². The van der Waals surface area contributed by atoms with Crippen molar-refractivity contribution in [2.75, 3.05) is 13.2 Å². The fourth-order valence-electron chi connectivity index (χ4n) is 2.05. The largest absolute Gasteiger partial charge is 0.477 e. The summed E-state index contributed by atoms with van der Waals surface area (Å²) in [6, 6.07) is 3.86. The van der Waals surface area contributed by atoms with Gasteiger partial charge in [-0.1, -0.05) is 19.4 Å². The molecular formula is C15H24N4O. The zero-order chi connectivity index (χ0) is 14.2. The molecule has 5 heteroatoms. The lowest BCUT2D eigenvalue weighted by molar-refractivity contribution is 0.302. The van der Waals surface area contributed by atoms with Gasteiger partial charge in [-0.25, -0.2) is 9.98 Å². The maximum Gasteiger partial charge on any atom is 0.218 e. The Bertz CT molecular complexity index is 443. The molecule has 1 aromatic rings. The predicted octanol–water partition coefficient (Wildman–Crippen LogP) is 2.07. The van der Waals surface area contributed by atoms with Crippen LogP contribution in [0.15, 0.2) is 23.3 Å². The van der Waals surface area contributed by atoms with Crippen molar-refractivity contribution in [3.05, 3.63) is 23.9 Å². The number of nitrogens with two attached hydrogens (primary N) is 1. The summed E-state index contributed by atoms with van der Waals surface area (Å²) in [7, 11) is 0. The van der Waals surface area contributed by atoms with Gasteiger partial charge in [0.05, 0.1) is 13.2 Å². The van der Waals surface area contributed by atoms with Gasteiger partial charge in [-0.3, -0.25) is 0 Å². The average molecular weight is 276 g/mol.